The molecule has 0 aliphatic carbocycles. The number of rotatable bonds is 4. The Morgan fingerprint density at radius 1 is 1.44 bits per heavy atom. The van der Waals surface area contributed by atoms with E-state index in [4.69, 9.17) is 11.5 Å². The van der Waals surface area contributed by atoms with Gasteiger partial charge >= 0.3 is 106 Å². The normalized spacial score (nSPS) is 13.3. The number of aromatic nitrogens is 2. The van der Waals surface area contributed by atoms with Gasteiger partial charge in [0.15, 0.2) is 0 Å². The summed E-state index contributed by atoms with van der Waals surface area (Å²) in [5, 5.41) is 4.42. The van der Waals surface area contributed by atoms with Crippen LogP contribution in [0, 0.1) is 0 Å². The van der Waals surface area contributed by atoms with Gasteiger partial charge in [-0.15, -0.1) is 0 Å². The molecule has 1 rings (SSSR count). The Balaban J connectivity index is 3.37. The van der Waals surface area contributed by atoms with E-state index in [1.807, 2.05) is 20.8 Å². The van der Waals surface area contributed by atoms with Gasteiger partial charge in [-0.1, -0.05) is 0 Å². The predicted molar refractivity (Wildman–Crippen MR) is 59.9 cm³/mol. The number of nitrogens with two attached hydrogens (primary N) is 2. The molecule has 0 saturated carbocycles. The van der Waals surface area contributed by atoms with Crippen LogP contribution in [-0.4, -0.2) is 20.6 Å². The zero-order chi connectivity index (χ0) is 12.5. The van der Waals surface area contributed by atoms with Crippen molar-refractivity contribution < 1.29 is 26.0 Å². The van der Waals surface area contributed by atoms with E-state index in [2.05, 4.69) is 10.0 Å². The van der Waals surface area contributed by atoms with Gasteiger partial charge in [-0.05, 0) is 0 Å². The van der Waals surface area contributed by atoms with Crippen molar-refractivity contribution in [1.29, 1.82) is 0 Å². The molecule has 0 radical (unpaired) electrons. The van der Waals surface area contributed by atoms with Crippen molar-refractivity contribution in [2.24, 2.45) is 5.73 Å². The van der Waals surface area contributed by atoms with Crippen molar-refractivity contribution in [3.8, 4) is 0 Å². The Labute approximate surface area is 106 Å². The predicted octanol–water partition coefficient (Wildman–Crippen LogP) is -2.08. The van der Waals surface area contributed by atoms with Crippen LogP contribution in [0.4, 0.5) is 5.69 Å². The van der Waals surface area contributed by atoms with E-state index < -0.39 is 5.91 Å². The van der Waals surface area contributed by atoms with Crippen LogP contribution < -0.4 is 32.7 Å². The summed E-state index contributed by atoms with van der Waals surface area (Å²) in [6.45, 7) is 6.04. The van der Waals surface area contributed by atoms with E-state index in [9.17, 15) is 4.79 Å². The maximum absolute atomic E-state index is 11.4. The Hall–Kier alpha value is -0.790. The molecule has 1 amide bonds. The van der Waals surface area contributed by atoms with Crippen LogP contribution in [0.25, 0.3) is 0 Å². The number of nitrogen functional groups attached to an aromatic ring is 1. The van der Waals surface area contributed by atoms with Gasteiger partial charge in [0, 0.05) is 0 Å². The summed E-state index contributed by atoms with van der Waals surface area (Å²) in [4.78, 5) is 13.5. The quantitative estimate of drug-likeness (QED) is 0.489. The minimum atomic E-state index is -0.499. The van der Waals surface area contributed by atoms with Crippen LogP contribution >= 0.6 is 0 Å². The first-order valence-corrected chi connectivity index (χ1v) is 8.46. The van der Waals surface area contributed by atoms with E-state index in [0.29, 0.717) is 11.4 Å². The minimum absolute atomic E-state index is 0.0585. The Bertz CT molecular complexity index is 400. The zero-order valence-electron chi connectivity index (χ0n) is 9.99. The molecule has 1 unspecified atom stereocenters. The van der Waals surface area contributed by atoms with Gasteiger partial charge < -0.3 is 0 Å². The molecule has 1 aromatic rings. The molecule has 0 saturated heterocycles. The third-order valence-electron chi connectivity index (χ3n) is 2.41. The van der Waals surface area contributed by atoms with Crippen molar-refractivity contribution in [2.75, 3.05) is 10.7 Å². The summed E-state index contributed by atoms with van der Waals surface area (Å²) in [6, 6.07) is 0. The monoisotopic (exact) mass is 337 g/mol. The fourth-order valence-corrected chi connectivity index (χ4v) is 2.42. The van der Waals surface area contributed by atoms with Crippen LogP contribution in [0.5, 0.6) is 0 Å². The fraction of sp³-hybridized carbons (Fsp3) is 0.600. The molecule has 4 N–H and O–H groups in total. The summed E-state index contributed by atoms with van der Waals surface area (Å²) >= 11 is -0.0585. The number of hydrogen-bond acceptors (Lipinski definition) is 3. The van der Waals surface area contributed by atoms with Crippen LogP contribution in [0.2, 0.25) is 0 Å². The van der Waals surface area contributed by atoms with Gasteiger partial charge in [0.25, 0.3) is 0 Å². The van der Waals surface area contributed by atoms with E-state index in [1.54, 1.807) is 4.68 Å². The average Bonchev–Trinajstić information content (AvgIpc) is 2.54. The van der Waals surface area contributed by atoms with Gasteiger partial charge in [-0.25, -0.2) is 0 Å². The summed E-state index contributed by atoms with van der Waals surface area (Å²) < 4.78 is 1.93. The number of carbonyl (C=O) groups excluding carboxylic acids is 1. The van der Waals surface area contributed by atoms with Crippen LogP contribution in [0.1, 0.15) is 46.9 Å². The molecule has 1 atom stereocenters. The third kappa shape index (κ3) is 2.31. The Kier molecular flexibility index (Phi) is 4.17. The number of carbonyl (C=O) groups is 1. The zero-order valence-corrected chi connectivity index (χ0v) is 12.1. The van der Waals surface area contributed by atoms with Crippen molar-refractivity contribution in [2.45, 2.75) is 30.7 Å². The van der Waals surface area contributed by atoms with Crippen molar-refractivity contribution in [3.05, 3.63) is 11.4 Å². The second-order valence-corrected chi connectivity index (χ2v) is 6.95. The van der Waals surface area contributed by atoms with Crippen LogP contribution in [0.3, 0.4) is 0 Å². The molecule has 0 fully saturated rings. The van der Waals surface area contributed by atoms with E-state index in [1.165, 1.54) is 0 Å². The molecule has 0 aliphatic heterocycles. The van der Waals surface area contributed by atoms with E-state index >= 15 is 0 Å². The standard InChI is InChI=1S/C10H18IN4O/c1-5(2)8-7(12)9(10(13)16)15(14-8)6(3)11-4/h5-6H,12H2,1-4H3,(H2,13,16)/q-1. The Morgan fingerprint density at radius 3 is 2.38 bits per heavy atom. The number of nitrogens with zero attached hydrogens (tertiary/aromatic N) is 2. The molecular formula is C10H18IN4O-. The molecule has 1 heterocycles. The fourth-order valence-electron chi connectivity index (χ4n) is 1.49. The van der Waals surface area contributed by atoms with Crippen LogP contribution in [-0.2, 0) is 0 Å². The van der Waals surface area contributed by atoms with Gasteiger partial charge in [-0.3, -0.25) is 0 Å². The molecule has 0 spiro atoms. The molecule has 0 aromatic carbocycles. The van der Waals surface area contributed by atoms with Gasteiger partial charge in [0.2, 0.25) is 0 Å². The number of amides is 1. The molecule has 92 valence electrons. The van der Waals surface area contributed by atoms with E-state index in [-0.39, 0.29) is 31.2 Å². The van der Waals surface area contributed by atoms with Crippen molar-refractivity contribution in [3.63, 3.8) is 0 Å². The van der Waals surface area contributed by atoms with Crippen molar-refractivity contribution in [1.82, 2.24) is 9.78 Å². The number of halogens is 1. The first kappa shape index (κ1) is 13.3. The molecule has 6 heteroatoms. The molecular weight excluding hydrogens is 319 g/mol. The van der Waals surface area contributed by atoms with Gasteiger partial charge in [-0.2, -0.15) is 0 Å². The second kappa shape index (κ2) is 5.03. The molecule has 0 bridgehead atoms. The first-order valence-electron chi connectivity index (χ1n) is 5.05. The van der Waals surface area contributed by atoms with E-state index in [0.717, 1.165) is 5.69 Å². The number of hydrogen-bond donors (Lipinski definition) is 2. The molecule has 16 heavy (non-hydrogen) atoms. The molecule has 5 nitrogen and oxygen atoms in total. The summed E-state index contributed by atoms with van der Waals surface area (Å²) in [5.41, 5.74) is 12.8. The molecule has 1 aromatic heterocycles. The number of primary amides is 1. The van der Waals surface area contributed by atoms with Gasteiger partial charge in [0.1, 0.15) is 0 Å². The number of anilines is 1. The summed E-state index contributed by atoms with van der Waals surface area (Å²) in [5.74, 6) is -0.303. The maximum atomic E-state index is 11.4. The SMILES string of the molecule is C[I-]C(C)n1nc(C(C)C)c(N)c1C(N)=O. The number of alkyl halides is 2. The van der Waals surface area contributed by atoms with Crippen LogP contribution in [0.15, 0.2) is 0 Å². The average molecular weight is 337 g/mol. The second-order valence-electron chi connectivity index (χ2n) is 3.90. The Morgan fingerprint density at radius 2 is 2.00 bits per heavy atom. The third-order valence-corrected chi connectivity index (χ3v) is 4.74. The summed E-state index contributed by atoms with van der Waals surface area (Å²) in [6.07, 6.45) is 0. The van der Waals surface area contributed by atoms with Gasteiger partial charge in [0.05, 0.1) is 0 Å². The summed E-state index contributed by atoms with van der Waals surface area (Å²) in [7, 11) is 0. The molecule has 0 aliphatic rings. The van der Waals surface area contributed by atoms with Crippen molar-refractivity contribution >= 4 is 11.6 Å². The topological polar surface area (TPSA) is 86.9 Å². The first-order chi connectivity index (χ1) is 7.40.